The number of hydrogen-bond acceptors (Lipinski definition) is 0. The third kappa shape index (κ3) is 3.25. The highest BCUT2D eigenvalue weighted by Crippen LogP contribution is 2.26. The third-order valence-corrected chi connectivity index (χ3v) is 1.58. The number of alkyl halides is 3. The highest BCUT2D eigenvalue weighted by molar-refractivity contribution is 5.22. The van der Waals surface area contributed by atoms with Crippen molar-refractivity contribution in [2.45, 2.75) is 25.4 Å². The van der Waals surface area contributed by atoms with E-state index in [0.29, 0.717) is 6.42 Å². The second kappa shape index (κ2) is 3.11. The molecule has 0 amide bonds. The van der Waals surface area contributed by atoms with E-state index in [1.54, 1.807) is 12.2 Å². The molecule has 0 N–H and O–H groups in total. The highest BCUT2D eigenvalue weighted by Gasteiger charge is 2.26. The second-order valence-electron chi connectivity index (χ2n) is 2.57. The van der Waals surface area contributed by atoms with Crippen molar-refractivity contribution in [3.8, 4) is 0 Å². The first-order valence-corrected chi connectivity index (χ1v) is 3.49. The number of allylic oxidation sites excluding steroid dienone is 4. The molecule has 1 aliphatic rings. The van der Waals surface area contributed by atoms with E-state index in [9.17, 15) is 13.2 Å². The van der Waals surface area contributed by atoms with Crippen LogP contribution in [0.3, 0.4) is 0 Å². The maximum Gasteiger partial charge on any atom is 0.389 e. The zero-order valence-corrected chi connectivity index (χ0v) is 5.99. The van der Waals surface area contributed by atoms with Gasteiger partial charge in [-0.05, 0) is 12.8 Å². The van der Waals surface area contributed by atoms with E-state index in [1.807, 2.05) is 6.08 Å². The molecule has 0 aromatic carbocycles. The fourth-order valence-electron chi connectivity index (χ4n) is 0.979. The SMILES string of the molecule is FC(F)(F)CCC1=CC=CC1. The van der Waals surface area contributed by atoms with Crippen molar-refractivity contribution in [2.24, 2.45) is 0 Å². The summed E-state index contributed by atoms with van der Waals surface area (Å²) in [6, 6.07) is 0. The van der Waals surface area contributed by atoms with Gasteiger partial charge in [0, 0.05) is 6.42 Å². The fraction of sp³-hybridized carbons (Fsp3) is 0.500. The van der Waals surface area contributed by atoms with Crippen molar-refractivity contribution >= 4 is 0 Å². The minimum Gasteiger partial charge on any atom is -0.171 e. The molecule has 0 unspecified atom stereocenters. The van der Waals surface area contributed by atoms with Crippen molar-refractivity contribution < 1.29 is 13.2 Å². The van der Waals surface area contributed by atoms with Crippen molar-refractivity contribution in [3.63, 3.8) is 0 Å². The average Bonchev–Trinajstić information content (AvgIpc) is 2.32. The van der Waals surface area contributed by atoms with Crippen molar-refractivity contribution in [2.75, 3.05) is 0 Å². The molecule has 0 heterocycles. The van der Waals surface area contributed by atoms with E-state index in [-0.39, 0.29) is 6.42 Å². The summed E-state index contributed by atoms with van der Waals surface area (Å²) in [5.41, 5.74) is 0.877. The Morgan fingerprint density at radius 3 is 2.55 bits per heavy atom. The summed E-state index contributed by atoms with van der Waals surface area (Å²) in [6.07, 6.45) is 1.56. The summed E-state index contributed by atoms with van der Waals surface area (Å²) >= 11 is 0. The van der Waals surface area contributed by atoms with Crippen LogP contribution in [0.5, 0.6) is 0 Å². The van der Waals surface area contributed by atoms with Crippen LogP contribution in [0.1, 0.15) is 19.3 Å². The predicted octanol–water partition coefficient (Wildman–Crippen LogP) is 3.22. The Morgan fingerprint density at radius 1 is 1.36 bits per heavy atom. The first-order valence-electron chi connectivity index (χ1n) is 3.49. The molecular weight excluding hydrogens is 153 g/mol. The van der Waals surface area contributed by atoms with Crippen LogP contribution >= 0.6 is 0 Å². The molecule has 0 atom stereocenters. The molecule has 11 heavy (non-hydrogen) atoms. The Morgan fingerprint density at radius 2 is 2.09 bits per heavy atom. The van der Waals surface area contributed by atoms with E-state index in [4.69, 9.17) is 0 Å². The van der Waals surface area contributed by atoms with Crippen LogP contribution in [-0.4, -0.2) is 6.18 Å². The molecule has 1 rings (SSSR count). The van der Waals surface area contributed by atoms with Crippen LogP contribution in [0.15, 0.2) is 23.8 Å². The summed E-state index contributed by atoms with van der Waals surface area (Å²) in [6.45, 7) is 0. The first kappa shape index (κ1) is 8.37. The summed E-state index contributed by atoms with van der Waals surface area (Å²) < 4.78 is 35.0. The normalized spacial score (nSPS) is 17.2. The number of hydrogen-bond donors (Lipinski definition) is 0. The maximum absolute atomic E-state index is 11.7. The Kier molecular flexibility index (Phi) is 2.37. The molecule has 0 saturated heterocycles. The van der Waals surface area contributed by atoms with Crippen LogP contribution in [0, 0.1) is 0 Å². The van der Waals surface area contributed by atoms with Crippen LogP contribution in [0.25, 0.3) is 0 Å². The molecule has 3 heteroatoms. The lowest BCUT2D eigenvalue weighted by Gasteiger charge is -2.05. The fourth-order valence-corrected chi connectivity index (χ4v) is 0.979. The quantitative estimate of drug-likeness (QED) is 0.584. The minimum atomic E-state index is -4.01. The second-order valence-corrected chi connectivity index (χ2v) is 2.57. The van der Waals surface area contributed by atoms with Crippen molar-refractivity contribution in [1.29, 1.82) is 0 Å². The monoisotopic (exact) mass is 162 g/mol. The van der Waals surface area contributed by atoms with Crippen LogP contribution in [0.4, 0.5) is 13.2 Å². The number of halogens is 3. The molecule has 0 fully saturated rings. The molecule has 0 radical (unpaired) electrons. The molecule has 0 spiro atoms. The van der Waals surface area contributed by atoms with Crippen LogP contribution in [-0.2, 0) is 0 Å². The zero-order chi connectivity index (χ0) is 8.32. The van der Waals surface area contributed by atoms with Gasteiger partial charge in [0.15, 0.2) is 0 Å². The lowest BCUT2D eigenvalue weighted by molar-refractivity contribution is -0.134. The third-order valence-electron chi connectivity index (χ3n) is 1.58. The van der Waals surface area contributed by atoms with E-state index in [2.05, 4.69) is 0 Å². The van der Waals surface area contributed by atoms with Crippen molar-refractivity contribution in [3.05, 3.63) is 23.8 Å². The van der Waals surface area contributed by atoms with Crippen LogP contribution < -0.4 is 0 Å². The van der Waals surface area contributed by atoms with Gasteiger partial charge < -0.3 is 0 Å². The maximum atomic E-state index is 11.7. The smallest absolute Gasteiger partial charge is 0.171 e. The van der Waals surface area contributed by atoms with Gasteiger partial charge in [0.05, 0.1) is 0 Å². The van der Waals surface area contributed by atoms with Gasteiger partial charge in [-0.2, -0.15) is 13.2 Å². The van der Waals surface area contributed by atoms with E-state index >= 15 is 0 Å². The zero-order valence-electron chi connectivity index (χ0n) is 5.99. The molecule has 0 aliphatic heterocycles. The Balaban J connectivity index is 2.23. The standard InChI is InChI=1S/C8H9F3/c9-8(10,11)6-5-7-3-1-2-4-7/h1-3H,4-6H2. The summed E-state index contributed by atoms with van der Waals surface area (Å²) in [7, 11) is 0. The summed E-state index contributed by atoms with van der Waals surface area (Å²) in [4.78, 5) is 0. The molecule has 0 saturated carbocycles. The largest absolute Gasteiger partial charge is 0.389 e. The van der Waals surface area contributed by atoms with E-state index < -0.39 is 12.6 Å². The summed E-state index contributed by atoms with van der Waals surface area (Å²) in [5.74, 6) is 0. The van der Waals surface area contributed by atoms with Gasteiger partial charge in [0.25, 0.3) is 0 Å². The van der Waals surface area contributed by atoms with Gasteiger partial charge in [0.1, 0.15) is 0 Å². The molecule has 0 aromatic heterocycles. The molecular formula is C8H9F3. The number of rotatable bonds is 2. The van der Waals surface area contributed by atoms with E-state index in [1.165, 1.54) is 0 Å². The minimum absolute atomic E-state index is 0.149. The van der Waals surface area contributed by atoms with Gasteiger partial charge >= 0.3 is 6.18 Å². The molecule has 0 aromatic rings. The average molecular weight is 162 g/mol. The predicted molar refractivity (Wildman–Crippen MR) is 37.1 cm³/mol. The van der Waals surface area contributed by atoms with Gasteiger partial charge in [-0.25, -0.2) is 0 Å². The lowest BCUT2D eigenvalue weighted by Crippen LogP contribution is -2.06. The lowest BCUT2D eigenvalue weighted by atomic mass is 10.1. The Hall–Kier alpha value is -0.730. The van der Waals surface area contributed by atoms with Gasteiger partial charge in [-0.1, -0.05) is 23.8 Å². The molecule has 0 bridgehead atoms. The van der Waals surface area contributed by atoms with Gasteiger partial charge in [-0.15, -0.1) is 0 Å². The molecule has 0 nitrogen and oxygen atoms in total. The molecule has 1 aliphatic carbocycles. The molecule has 62 valence electrons. The van der Waals surface area contributed by atoms with Crippen LogP contribution in [0.2, 0.25) is 0 Å². The first-order chi connectivity index (χ1) is 5.08. The topological polar surface area (TPSA) is 0 Å². The highest BCUT2D eigenvalue weighted by atomic mass is 19.4. The van der Waals surface area contributed by atoms with Gasteiger partial charge in [-0.3, -0.25) is 0 Å². The van der Waals surface area contributed by atoms with E-state index in [0.717, 1.165) is 5.57 Å². The summed E-state index contributed by atoms with van der Waals surface area (Å²) in [5, 5.41) is 0. The van der Waals surface area contributed by atoms with Crippen molar-refractivity contribution in [1.82, 2.24) is 0 Å². The Labute approximate surface area is 63.4 Å². The van der Waals surface area contributed by atoms with Gasteiger partial charge in [0.2, 0.25) is 0 Å². The Bertz CT molecular complexity index is 186.